The SMILES string of the molecule is O=c1ccccn1CCc1nc(CCl)cs1. The predicted octanol–water partition coefficient (Wildman–Crippen LogP) is 2.29. The molecule has 5 heteroatoms. The van der Waals surface area contributed by atoms with E-state index in [1.165, 1.54) is 0 Å². The van der Waals surface area contributed by atoms with E-state index in [1.807, 2.05) is 11.4 Å². The first-order valence-corrected chi connectivity index (χ1v) is 6.36. The number of rotatable bonds is 4. The fourth-order valence-electron chi connectivity index (χ4n) is 1.39. The van der Waals surface area contributed by atoms with Crippen molar-refractivity contribution in [3.8, 4) is 0 Å². The molecule has 0 radical (unpaired) electrons. The maximum atomic E-state index is 11.4. The first kappa shape index (κ1) is 11.4. The van der Waals surface area contributed by atoms with Gasteiger partial charge in [0.05, 0.1) is 16.6 Å². The van der Waals surface area contributed by atoms with Gasteiger partial charge < -0.3 is 4.57 Å². The molecule has 2 aromatic heterocycles. The van der Waals surface area contributed by atoms with Crippen LogP contribution in [0.15, 0.2) is 34.6 Å². The highest BCUT2D eigenvalue weighted by molar-refractivity contribution is 7.09. The largest absolute Gasteiger partial charge is 0.315 e. The Bertz CT molecular complexity index is 520. The summed E-state index contributed by atoms with van der Waals surface area (Å²) in [4.78, 5) is 15.8. The van der Waals surface area contributed by atoms with Crippen LogP contribution < -0.4 is 5.56 Å². The van der Waals surface area contributed by atoms with Gasteiger partial charge in [0.1, 0.15) is 0 Å². The zero-order valence-corrected chi connectivity index (χ0v) is 10.2. The average molecular weight is 255 g/mol. The molecule has 0 N–H and O–H groups in total. The molecule has 2 rings (SSSR count). The molecule has 2 aromatic rings. The van der Waals surface area contributed by atoms with Gasteiger partial charge in [0, 0.05) is 30.6 Å². The van der Waals surface area contributed by atoms with E-state index in [1.54, 1.807) is 34.2 Å². The van der Waals surface area contributed by atoms with Crippen molar-refractivity contribution in [2.75, 3.05) is 0 Å². The molecule has 3 nitrogen and oxygen atoms in total. The minimum Gasteiger partial charge on any atom is -0.315 e. The molecule has 0 saturated carbocycles. The summed E-state index contributed by atoms with van der Waals surface area (Å²) in [6.45, 7) is 0.662. The zero-order valence-electron chi connectivity index (χ0n) is 8.60. The highest BCUT2D eigenvalue weighted by Crippen LogP contribution is 2.12. The Morgan fingerprint density at radius 1 is 1.44 bits per heavy atom. The van der Waals surface area contributed by atoms with E-state index in [-0.39, 0.29) is 5.56 Å². The van der Waals surface area contributed by atoms with E-state index in [0.717, 1.165) is 17.1 Å². The lowest BCUT2D eigenvalue weighted by Crippen LogP contribution is -2.18. The molecule has 0 fully saturated rings. The van der Waals surface area contributed by atoms with Gasteiger partial charge in [-0.05, 0) is 6.07 Å². The van der Waals surface area contributed by atoms with Crippen molar-refractivity contribution in [3.05, 3.63) is 50.8 Å². The number of alkyl halides is 1. The first-order valence-electron chi connectivity index (χ1n) is 4.94. The fraction of sp³-hybridized carbons (Fsp3) is 0.273. The van der Waals surface area contributed by atoms with Crippen LogP contribution in [0.1, 0.15) is 10.7 Å². The molecular formula is C11H11ClN2OS. The summed E-state index contributed by atoms with van der Waals surface area (Å²) in [5.74, 6) is 0.446. The van der Waals surface area contributed by atoms with Gasteiger partial charge in [0.2, 0.25) is 0 Å². The molecule has 0 aromatic carbocycles. The Labute approximate surface area is 102 Å². The number of hydrogen-bond donors (Lipinski definition) is 0. The van der Waals surface area contributed by atoms with Crippen LogP contribution in [0.3, 0.4) is 0 Å². The summed E-state index contributed by atoms with van der Waals surface area (Å²) in [5.41, 5.74) is 0.929. The summed E-state index contributed by atoms with van der Waals surface area (Å²) < 4.78 is 1.68. The van der Waals surface area contributed by atoms with Crippen LogP contribution in [0.2, 0.25) is 0 Å². The molecule has 0 aliphatic heterocycles. The number of aryl methyl sites for hydroxylation is 2. The standard InChI is InChI=1S/C11H11ClN2OS/c12-7-9-8-16-10(13-9)4-6-14-5-2-1-3-11(14)15/h1-3,5,8H,4,6-7H2. The van der Waals surface area contributed by atoms with Crippen LogP contribution in [-0.4, -0.2) is 9.55 Å². The van der Waals surface area contributed by atoms with Gasteiger partial charge in [-0.2, -0.15) is 0 Å². The summed E-state index contributed by atoms with van der Waals surface area (Å²) in [7, 11) is 0. The normalized spacial score (nSPS) is 10.6. The van der Waals surface area contributed by atoms with Gasteiger partial charge >= 0.3 is 0 Å². The monoisotopic (exact) mass is 254 g/mol. The third-order valence-electron chi connectivity index (χ3n) is 2.20. The van der Waals surface area contributed by atoms with Crippen LogP contribution in [0.5, 0.6) is 0 Å². The summed E-state index contributed by atoms with van der Waals surface area (Å²) in [6.07, 6.45) is 2.56. The Hall–Kier alpha value is -1.13. The van der Waals surface area contributed by atoms with Crippen molar-refractivity contribution in [2.45, 2.75) is 18.8 Å². The van der Waals surface area contributed by atoms with E-state index >= 15 is 0 Å². The van der Waals surface area contributed by atoms with Crippen LogP contribution in [0, 0.1) is 0 Å². The fourth-order valence-corrected chi connectivity index (χ4v) is 2.40. The van der Waals surface area contributed by atoms with Crippen molar-refractivity contribution in [1.29, 1.82) is 0 Å². The van der Waals surface area contributed by atoms with Gasteiger partial charge in [-0.15, -0.1) is 22.9 Å². The van der Waals surface area contributed by atoms with E-state index in [4.69, 9.17) is 11.6 Å². The summed E-state index contributed by atoms with van der Waals surface area (Å²) in [5, 5.41) is 2.97. The lowest BCUT2D eigenvalue weighted by molar-refractivity contribution is 0.666. The second-order valence-electron chi connectivity index (χ2n) is 3.35. The molecule has 0 amide bonds. The minimum absolute atomic E-state index is 0.0247. The van der Waals surface area contributed by atoms with Crippen LogP contribution in [0.25, 0.3) is 0 Å². The van der Waals surface area contributed by atoms with E-state index in [0.29, 0.717) is 12.4 Å². The number of thiazole rings is 1. The van der Waals surface area contributed by atoms with Crippen LogP contribution >= 0.6 is 22.9 Å². The van der Waals surface area contributed by atoms with Crippen molar-refractivity contribution in [2.24, 2.45) is 0 Å². The van der Waals surface area contributed by atoms with Gasteiger partial charge in [-0.25, -0.2) is 4.98 Å². The van der Waals surface area contributed by atoms with Gasteiger partial charge in [0.15, 0.2) is 0 Å². The van der Waals surface area contributed by atoms with Crippen molar-refractivity contribution in [1.82, 2.24) is 9.55 Å². The number of hydrogen-bond acceptors (Lipinski definition) is 3. The molecule has 16 heavy (non-hydrogen) atoms. The topological polar surface area (TPSA) is 34.9 Å². The molecule has 0 saturated heterocycles. The molecule has 84 valence electrons. The molecule has 0 atom stereocenters. The predicted molar refractivity (Wildman–Crippen MR) is 66.1 cm³/mol. The number of aromatic nitrogens is 2. The highest BCUT2D eigenvalue weighted by atomic mass is 35.5. The molecule has 0 aliphatic carbocycles. The van der Waals surface area contributed by atoms with Crippen LogP contribution in [0.4, 0.5) is 0 Å². The lowest BCUT2D eigenvalue weighted by Gasteiger charge is -2.02. The summed E-state index contributed by atoms with van der Waals surface area (Å²) in [6, 6.07) is 5.16. The molecular weight excluding hydrogens is 244 g/mol. The Morgan fingerprint density at radius 2 is 2.31 bits per heavy atom. The Kier molecular flexibility index (Phi) is 3.74. The van der Waals surface area contributed by atoms with Gasteiger partial charge in [-0.1, -0.05) is 6.07 Å². The van der Waals surface area contributed by atoms with Crippen molar-refractivity contribution in [3.63, 3.8) is 0 Å². The molecule has 0 spiro atoms. The minimum atomic E-state index is 0.0247. The lowest BCUT2D eigenvalue weighted by atomic mass is 10.4. The van der Waals surface area contributed by atoms with Gasteiger partial charge in [-0.3, -0.25) is 4.79 Å². The smallest absolute Gasteiger partial charge is 0.250 e. The van der Waals surface area contributed by atoms with Crippen molar-refractivity contribution < 1.29 is 0 Å². The molecule has 0 bridgehead atoms. The second-order valence-corrected chi connectivity index (χ2v) is 4.56. The number of pyridine rings is 1. The molecule has 0 unspecified atom stereocenters. The number of nitrogens with zero attached hydrogens (tertiary/aromatic N) is 2. The van der Waals surface area contributed by atoms with E-state index in [2.05, 4.69) is 4.98 Å². The third kappa shape index (κ3) is 2.71. The van der Waals surface area contributed by atoms with E-state index in [9.17, 15) is 4.79 Å². The molecule has 2 heterocycles. The van der Waals surface area contributed by atoms with Crippen LogP contribution in [-0.2, 0) is 18.8 Å². The third-order valence-corrected chi connectivity index (χ3v) is 3.43. The second kappa shape index (κ2) is 5.27. The number of halogens is 1. The maximum absolute atomic E-state index is 11.4. The average Bonchev–Trinajstić information content (AvgIpc) is 2.76. The van der Waals surface area contributed by atoms with Crippen molar-refractivity contribution >= 4 is 22.9 Å². The van der Waals surface area contributed by atoms with Gasteiger partial charge in [0.25, 0.3) is 5.56 Å². The zero-order chi connectivity index (χ0) is 11.4. The maximum Gasteiger partial charge on any atom is 0.250 e. The van der Waals surface area contributed by atoms with E-state index < -0.39 is 0 Å². The Morgan fingerprint density at radius 3 is 3.00 bits per heavy atom. The molecule has 0 aliphatic rings. The summed E-state index contributed by atoms with van der Waals surface area (Å²) >= 11 is 7.26. The first-order chi connectivity index (χ1) is 7.79. The quantitative estimate of drug-likeness (QED) is 0.785. The Balaban J connectivity index is 2.02. The highest BCUT2D eigenvalue weighted by Gasteiger charge is 2.01.